The first-order valence-electron chi connectivity index (χ1n) is 9.33. The van der Waals surface area contributed by atoms with Crippen molar-refractivity contribution in [2.24, 2.45) is 11.8 Å². The van der Waals surface area contributed by atoms with Gasteiger partial charge in [0.25, 0.3) is 0 Å². The van der Waals surface area contributed by atoms with Crippen molar-refractivity contribution in [1.29, 1.82) is 0 Å². The quantitative estimate of drug-likeness (QED) is 0.449. The molecule has 1 aliphatic rings. The summed E-state index contributed by atoms with van der Waals surface area (Å²) >= 11 is 0. The van der Waals surface area contributed by atoms with Crippen LogP contribution in [-0.4, -0.2) is 0 Å². The van der Waals surface area contributed by atoms with Crippen molar-refractivity contribution in [2.45, 2.75) is 84.0 Å². The average molecular weight is 285 g/mol. The van der Waals surface area contributed by atoms with Crippen LogP contribution in [0.3, 0.4) is 0 Å². The summed E-state index contributed by atoms with van der Waals surface area (Å²) in [5.74, 6) is 2.04. The molecule has 1 fully saturated rings. The van der Waals surface area contributed by atoms with Crippen molar-refractivity contribution in [3.63, 3.8) is 0 Å². The van der Waals surface area contributed by atoms with Crippen LogP contribution in [0.2, 0.25) is 0 Å². The predicted molar refractivity (Wildman–Crippen MR) is 92.4 cm³/mol. The zero-order valence-electron chi connectivity index (χ0n) is 13.9. The van der Waals surface area contributed by atoms with Crippen molar-refractivity contribution in [3.05, 3.63) is 35.9 Å². The molecule has 1 aliphatic carbocycles. The lowest BCUT2D eigenvalue weighted by molar-refractivity contribution is 0.248. The summed E-state index contributed by atoms with van der Waals surface area (Å²) < 4.78 is 0. The third kappa shape index (κ3) is 6.68. The van der Waals surface area contributed by atoms with Crippen LogP contribution in [0.5, 0.6) is 0 Å². The summed E-state index contributed by atoms with van der Waals surface area (Å²) in [4.78, 5) is 0. The Morgan fingerprint density at radius 2 is 1.48 bits per heavy atom. The summed E-state index contributed by atoms with van der Waals surface area (Å²) in [6, 6.07) is 11.6. The fourth-order valence-corrected chi connectivity index (χ4v) is 3.80. The molecule has 0 heterocycles. The highest BCUT2D eigenvalue weighted by Crippen LogP contribution is 2.34. The second-order valence-corrected chi connectivity index (χ2v) is 7.04. The van der Waals surface area contributed by atoms with Crippen LogP contribution in [0.1, 0.15) is 83.1 Å². The van der Waals surface area contributed by atoms with Crippen LogP contribution in [0, 0.1) is 17.9 Å². The van der Waals surface area contributed by atoms with E-state index in [0.29, 0.717) is 0 Å². The first-order chi connectivity index (χ1) is 10.4. The number of rotatable bonds is 9. The van der Waals surface area contributed by atoms with Crippen molar-refractivity contribution < 1.29 is 0 Å². The lowest BCUT2D eigenvalue weighted by atomic mass is 9.78. The number of unbranched alkanes of at least 4 members (excludes halogenated alkanes) is 4. The minimum Gasteiger partial charge on any atom is -0.0654 e. The summed E-state index contributed by atoms with van der Waals surface area (Å²) in [5, 5.41) is 0. The number of benzene rings is 1. The van der Waals surface area contributed by atoms with Crippen molar-refractivity contribution in [2.75, 3.05) is 0 Å². The Bertz CT molecular complexity index is 346. The zero-order valence-corrected chi connectivity index (χ0v) is 13.9. The maximum absolute atomic E-state index is 3.11. The topological polar surface area (TPSA) is 0 Å². The Labute approximate surface area is 132 Å². The molecule has 0 atom stereocenters. The van der Waals surface area contributed by atoms with Crippen molar-refractivity contribution >= 4 is 0 Å². The molecule has 2 rings (SSSR count). The Kier molecular flexibility index (Phi) is 7.92. The van der Waals surface area contributed by atoms with Crippen LogP contribution in [0.25, 0.3) is 0 Å². The molecule has 0 heteroatoms. The van der Waals surface area contributed by atoms with Gasteiger partial charge in [-0.25, -0.2) is 0 Å². The number of hydrogen-bond donors (Lipinski definition) is 0. The normalized spacial score (nSPS) is 22.3. The van der Waals surface area contributed by atoms with E-state index in [1.165, 1.54) is 82.6 Å². The van der Waals surface area contributed by atoms with Gasteiger partial charge in [-0.2, -0.15) is 0 Å². The Morgan fingerprint density at radius 3 is 2.14 bits per heavy atom. The van der Waals surface area contributed by atoms with E-state index in [-0.39, 0.29) is 0 Å². The molecule has 0 saturated heterocycles. The monoisotopic (exact) mass is 285 g/mol. The van der Waals surface area contributed by atoms with Gasteiger partial charge in [0.2, 0.25) is 0 Å². The summed E-state index contributed by atoms with van der Waals surface area (Å²) in [6.07, 6.45) is 17.3. The van der Waals surface area contributed by atoms with E-state index in [2.05, 4.69) is 25.1 Å². The van der Waals surface area contributed by atoms with E-state index in [9.17, 15) is 0 Å². The average Bonchev–Trinajstić information content (AvgIpc) is 2.55. The number of hydrogen-bond acceptors (Lipinski definition) is 0. The molecule has 1 radical (unpaired) electrons. The highest BCUT2D eigenvalue weighted by molar-refractivity contribution is 5.13. The van der Waals surface area contributed by atoms with Crippen LogP contribution >= 0.6 is 0 Å². The van der Waals surface area contributed by atoms with E-state index in [1.807, 2.05) is 12.1 Å². The Morgan fingerprint density at radius 1 is 0.857 bits per heavy atom. The molecule has 0 aromatic heterocycles. The second kappa shape index (κ2) is 10.0. The predicted octanol–water partition coefficient (Wildman–Crippen LogP) is 6.59. The molecule has 0 aliphatic heterocycles. The van der Waals surface area contributed by atoms with E-state index in [0.717, 1.165) is 11.8 Å². The van der Waals surface area contributed by atoms with Crippen LogP contribution in [0.4, 0.5) is 0 Å². The van der Waals surface area contributed by atoms with Crippen LogP contribution < -0.4 is 0 Å². The summed E-state index contributed by atoms with van der Waals surface area (Å²) in [6.45, 7) is 2.30. The molecule has 1 saturated carbocycles. The molecular weight excluding hydrogens is 252 g/mol. The fourth-order valence-electron chi connectivity index (χ4n) is 3.80. The highest BCUT2D eigenvalue weighted by atomic mass is 14.3. The molecule has 1 aromatic carbocycles. The first kappa shape index (κ1) is 16.6. The van der Waals surface area contributed by atoms with E-state index in [1.54, 1.807) is 0 Å². The van der Waals surface area contributed by atoms with Gasteiger partial charge in [-0.15, -0.1) is 0 Å². The van der Waals surface area contributed by atoms with Gasteiger partial charge in [0, 0.05) is 0 Å². The lowest BCUT2D eigenvalue weighted by Crippen LogP contribution is -2.15. The molecular formula is C21H33. The van der Waals surface area contributed by atoms with Gasteiger partial charge in [-0.1, -0.05) is 95.4 Å². The number of aryl methyl sites for hydroxylation is 1. The minimum absolute atomic E-state index is 0.991. The molecule has 0 spiro atoms. The van der Waals surface area contributed by atoms with Gasteiger partial charge in [0.15, 0.2) is 0 Å². The first-order valence-corrected chi connectivity index (χ1v) is 9.33. The van der Waals surface area contributed by atoms with Gasteiger partial charge in [-0.3, -0.25) is 0 Å². The van der Waals surface area contributed by atoms with E-state index >= 15 is 0 Å². The van der Waals surface area contributed by atoms with E-state index in [4.69, 9.17) is 0 Å². The summed E-state index contributed by atoms with van der Waals surface area (Å²) in [5.41, 5.74) is 1.49. The van der Waals surface area contributed by atoms with Crippen LogP contribution in [-0.2, 0) is 6.42 Å². The van der Waals surface area contributed by atoms with Crippen molar-refractivity contribution in [3.8, 4) is 0 Å². The standard InChI is InChI=1S/C21H33/c1-2-3-4-5-7-12-20-14-17-21(18-15-20)16-13-19-10-8-6-9-11-19/h8-11,20-21H,2-5,7,12-18H2,1H3. The van der Waals surface area contributed by atoms with Gasteiger partial charge in [0.1, 0.15) is 0 Å². The molecule has 0 nitrogen and oxygen atoms in total. The maximum atomic E-state index is 3.11. The zero-order chi connectivity index (χ0) is 14.8. The Hall–Kier alpha value is -0.780. The molecule has 0 N–H and O–H groups in total. The fraction of sp³-hybridized carbons (Fsp3) is 0.714. The molecule has 21 heavy (non-hydrogen) atoms. The smallest absolute Gasteiger partial charge is 0.0184 e. The molecule has 0 unspecified atom stereocenters. The molecule has 117 valence electrons. The molecule has 1 aromatic rings. The third-order valence-corrected chi connectivity index (χ3v) is 5.31. The van der Waals surface area contributed by atoms with Gasteiger partial charge < -0.3 is 0 Å². The van der Waals surface area contributed by atoms with Gasteiger partial charge in [0.05, 0.1) is 0 Å². The SMILES string of the molecule is CCCCCCCC1CCC(CCc2cc[c]cc2)CC1. The summed E-state index contributed by atoms with van der Waals surface area (Å²) in [7, 11) is 0. The van der Waals surface area contributed by atoms with Gasteiger partial charge >= 0.3 is 0 Å². The highest BCUT2D eigenvalue weighted by Gasteiger charge is 2.20. The largest absolute Gasteiger partial charge is 0.0654 e. The van der Waals surface area contributed by atoms with Crippen LogP contribution in [0.15, 0.2) is 24.3 Å². The van der Waals surface area contributed by atoms with Gasteiger partial charge in [-0.05, 0) is 36.3 Å². The van der Waals surface area contributed by atoms with Crippen molar-refractivity contribution in [1.82, 2.24) is 0 Å². The van der Waals surface area contributed by atoms with E-state index < -0.39 is 0 Å². The second-order valence-electron chi connectivity index (χ2n) is 7.04. The maximum Gasteiger partial charge on any atom is -0.0184 e. The molecule has 0 bridgehead atoms. The molecule has 0 amide bonds. The minimum atomic E-state index is 0.991. The third-order valence-electron chi connectivity index (χ3n) is 5.31. The lowest BCUT2D eigenvalue weighted by Gasteiger charge is -2.28. The Balaban J connectivity index is 1.54.